The predicted molar refractivity (Wildman–Crippen MR) is 117 cm³/mol. The Morgan fingerprint density at radius 1 is 1.14 bits per heavy atom. The molecule has 1 atom stereocenters. The lowest BCUT2D eigenvalue weighted by atomic mass is 9.85. The SMILES string of the molecule is C=C(c1cc([C@@H]2COc3c(ccc(O)c3CC=C(C)C)C2)c(O)cc1O)C(C)C. The molecule has 154 valence electrons. The highest BCUT2D eigenvalue weighted by atomic mass is 16.5. The van der Waals surface area contributed by atoms with Crippen molar-refractivity contribution < 1.29 is 20.1 Å². The number of allylic oxidation sites excluding steroid dienone is 3. The summed E-state index contributed by atoms with van der Waals surface area (Å²) in [6.45, 7) is 12.6. The van der Waals surface area contributed by atoms with Gasteiger partial charge in [-0.25, -0.2) is 0 Å². The Morgan fingerprint density at radius 3 is 2.52 bits per heavy atom. The van der Waals surface area contributed by atoms with Crippen molar-refractivity contribution in [1.82, 2.24) is 0 Å². The molecular formula is C25H30O4. The lowest BCUT2D eigenvalue weighted by molar-refractivity contribution is 0.255. The molecule has 2 aromatic carbocycles. The van der Waals surface area contributed by atoms with Crippen molar-refractivity contribution in [3.05, 3.63) is 64.7 Å². The van der Waals surface area contributed by atoms with E-state index < -0.39 is 0 Å². The van der Waals surface area contributed by atoms with Gasteiger partial charge in [-0.3, -0.25) is 0 Å². The second-order valence-electron chi connectivity index (χ2n) is 8.36. The van der Waals surface area contributed by atoms with Crippen molar-refractivity contribution in [1.29, 1.82) is 0 Å². The minimum atomic E-state index is -0.0531. The molecule has 4 heteroatoms. The summed E-state index contributed by atoms with van der Waals surface area (Å²) in [5.74, 6) is 1.20. The Morgan fingerprint density at radius 2 is 1.86 bits per heavy atom. The van der Waals surface area contributed by atoms with E-state index in [-0.39, 0.29) is 29.1 Å². The average molecular weight is 395 g/mol. The first-order valence-electron chi connectivity index (χ1n) is 10.0. The molecule has 0 saturated carbocycles. The molecule has 3 N–H and O–H groups in total. The monoisotopic (exact) mass is 394 g/mol. The number of hydrogen-bond acceptors (Lipinski definition) is 4. The van der Waals surface area contributed by atoms with Crippen LogP contribution in [0.5, 0.6) is 23.0 Å². The molecule has 0 aliphatic carbocycles. The first kappa shape index (κ1) is 20.8. The number of ether oxygens (including phenoxy) is 1. The van der Waals surface area contributed by atoms with E-state index in [0.717, 1.165) is 28.0 Å². The number of aromatic hydroxyl groups is 3. The molecule has 0 radical (unpaired) electrons. The average Bonchev–Trinajstić information content (AvgIpc) is 2.66. The van der Waals surface area contributed by atoms with E-state index in [9.17, 15) is 15.3 Å². The summed E-state index contributed by atoms with van der Waals surface area (Å²) in [6, 6.07) is 6.82. The molecule has 0 saturated heterocycles. The van der Waals surface area contributed by atoms with Crippen molar-refractivity contribution in [3.8, 4) is 23.0 Å². The Bertz CT molecular complexity index is 965. The van der Waals surface area contributed by atoms with Gasteiger partial charge >= 0.3 is 0 Å². The van der Waals surface area contributed by atoms with E-state index >= 15 is 0 Å². The quantitative estimate of drug-likeness (QED) is 0.569. The predicted octanol–water partition coefficient (Wildman–Crippen LogP) is 5.70. The third-order valence-electron chi connectivity index (χ3n) is 5.55. The van der Waals surface area contributed by atoms with Crippen LogP contribution in [0.3, 0.4) is 0 Å². The zero-order chi connectivity index (χ0) is 21.3. The number of rotatable bonds is 5. The van der Waals surface area contributed by atoms with Gasteiger partial charge in [0.05, 0.1) is 6.61 Å². The molecule has 0 fully saturated rings. The first-order valence-corrected chi connectivity index (χ1v) is 10.0. The van der Waals surface area contributed by atoms with Gasteiger partial charge < -0.3 is 20.1 Å². The van der Waals surface area contributed by atoms with Gasteiger partial charge in [-0.2, -0.15) is 0 Å². The van der Waals surface area contributed by atoms with Gasteiger partial charge in [0.15, 0.2) is 0 Å². The van der Waals surface area contributed by atoms with Crippen LogP contribution in [0.2, 0.25) is 0 Å². The Balaban J connectivity index is 1.96. The molecule has 1 heterocycles. The van der Waals surface area contributed by atoms with E-state index in [1.807, 2.05) is 39.8 Å². The van der Waals surface area contributed by atoms with Crippen LogP contribution in [-0.4, -0.2) is 21.9 Å². The number of phenols is 3. The Labute approximate surface area is 172 Å². The van der Waals surface area contributed by atoms with Crippen molar-refractivity contribution in [3.63, 3.8) is 0 Å². The fourth-order valence-electron chi connectivity index (χ4n) is 3.71. The summed E-state index contributed by atoms with van der Waals surface area (Å²) in [7, 11) is 0. The smallest absolute Gasteiger partial charge is 0.129 e. The van der Waals surface area contributed by atoms with Gasteiger partial charge in [-0.05, 0) is 55.9 Å². The molecule has 3 rings (SSSR count). The van der Waals surface area contributed by atoms with Crippen LogP contribution in [0.15, 0.2) is 42.5 Å². The van der Waals surface area contributed by atoms with E-state index in [1.54, 1.807) is 6.07 Å². The van der Waals surface area contributed by atoms with Gasteiger partial charge in [0.1, 0.15) is 23.0 Å². The summed E-state index contributed by atoms with van der Waals surface area (Å²) in [5, 5.41) is 31.1. The number of fused-ring (bicyclic) bond motifs is 1. The normalized spacial score (nSPS) is 15.6. The highest BCUT2D eigenvalue weighted by molar-refractivity contribution is 5.72. The number of hydrogen-bond donors (Lipinski definition) is 3. The molecule has 0 bridgehead atoms. The van der Waals surface area contributed by atoms with Gasteiger partial charge in [0.2, 0.25) is 0 Å². The summed E-state index contributed by atoms with van der Waals surface area (Å²) in [6.07, 6.45) is 3.37. The molecule has 0 aromatic heterocycles. The second kappa shape index (κ2) is 8.24. The van der Waals surface area contributed by atoms with Crippen molar-refractivity contribution in [2.75, 3.05) is 6.61 Å². The van der Waals surface area contributed by atoms with Crippen LogP contribution in [0.1, 0.15) is 55.9 Å². The van der Waals surface area contributed by atoms with Crippen LogP contribution >= 0.6 is 0 Å². The molecular weight excluding hydrogens is 364 g/mol. The van der Waals surface area contributed by atoms with Crippen LogP contribution in [0.4, 0.5) is 0 Å². The van der Waals surface area contributed by atoms with Crippen LogP contribution in [0.25, 0.3) is 5.57 Å². The third-order valence-corrected chi connectivity index (χ3v) is 5.55. The standard InChI is InChI=1S/C25H30O4/c1-14(2)6-8-19-22(26)9-7-17-10-18(13-29-25(17)19)21-11-20(16(5)15(3)4)23(27)12-24(21)28/h6-7,9,11-12,15,18,26-28H,5,8,10,13H2,1-4H3/t18-/m0/s1. The van der Waals surface area contributed by atoms with Gasteiger partial charge in [-0.15, -0.1) is 0 Å². The van der Waals surface area contributed by atoms with E-state index in [2.05, 4.69) is 12.7 Å². The van der Waals surface area contributed by atoms with Crippen molar-refractivity contribution in [2.45, 2.75) is 46.5 Å². The summed E-state index contributed by atoms with van der Waals surface area (Å²) in [5.41, 5.74) is 5.22. The van der Waals surface area contributed by atoms with Crippen LogP contribution in [-0.2, 0) is 12.8 Å². The molecule has 1 aliphatic heterocycles. The van der Waals surface area contributed by atoms with Gasteiger partial charge in [0, 0.05) is 28.7 Å². The maximum Gasteiger partial charge on any atom is 0.129 e. The van der Waals surface area contributed by atoms with E-state index in [0.29, 0.717) is 25.0 Å². The number of benzene rings is 2. The summed E-state index contributed by atoms with van der Waals surface area (Å²) in [4.78, 5) is 0. The van der Waals surface area contributed by atoms with Crippen LogP contribution in [0, 0.1) is 5.92 Å². The Kier molecular flexibility index (Phi) is 5.92. The lowest BCUT2D eigenvalue weighted by Gasteiger charge is -2.28. The van der Waals surface area contributed by atoms with Crippen molar-refractivity contribution >= 4 is 5.57 Å². The van der Waals surface area contributed by atoms with E-state index in [1.165, 1.54) is 11.6 Å². The second-order valence-corrected chi connectivity index (χ2v) is 8.36. The maximum atomic E-state index is 10.5. The maximum absolute atomic E-state index is 10.5. The zero-order valence-corrected chi connectivity index (χ0v) is 17.6. The Hall–Kier alpha value is -2.88. The van der Waals surface area contributed by atoms with Gasteiger partial charge in [0.25, 0.3) is 0 Å². The fourth-order valence-corrected chi connectivity index (χ4v) is 3.71. The molecule has 4 nitrogen and oxygen atoms in total. The van der Waals surface area contributed by atoms with Crippen molar-refractivity contribution in [2.24, 2.45) is 5.92 Å². The zero-order valence-electron chi connectivity index (χ0n) is 17.6. The molecule has 29 heavy (non-hydrogen) atoms. The molecule has 1 aliphatic rings. The minimum absolute atomic E-state index is 0.0380. The highest BCUT2D eigenvalue weighted by Crippen LogP contribution is 2.43. The molecule has 0 amide bonds. The summed E-state index contributed by atoms with van der Waals surface area (Å²) >= 11 is 0. The molecule has 0 unspecified atom stereocenters. The van der Waals surface area contributed by atoms with Crippen LogP contribution < -0.4 is 4.74 Å². The third kappa shape index (κ3) is 4.26. The molecule has 2 aromatic rings. The number of phenolic OH excluding ortho intramolecular Hbond substituents is 3. The van der Waals surface area contributed by atoms with E-state index in [4.69, 9.17) is 4.74 Å². The minimum Gasteiger partial charge on any atom is -0.508 e. The summed E-state index contributed by atoms with van der Waals surface area (Å²) < 4.78 is 6.08. The lowest BCUT2D eigenvalue weighted by Crippen LogP contribution is -2.20. The molecule has 0 spiro atoms. The highest BCUT2D eigenvalue weighted by Gasteiger charge is 2.27. The first-order chi connectivity index (χ1) is 13.7. The topological polar surface area (TPSA) is 69.9 Å². The fraction of sp³-hybridized carbons (Fsp3) is 0.360. The largest absolute Gasteiger partial charge is 0.508 e. The van der Waals surface area contributed by atoms with Gasteiger partial charge in [-0.1, -0.05) is 38.1 Å².